The Morgan fingerprint density at radius 3 is 2.33 bits per heavy atom. The molecule has 1 saturated heterocycles. The van der Waals surface area contributed by atoms with Gasteiger partial charge < -0.3 is 10.1 Å². The molecule has 1 aliphatic heterocycles. The van der Waals surface area contributed by atoms with Crippen molar-refractivity contribution in [3.8, 4) is 5.75 Å². The summed E-state index contributed by atoms with van der Waals surface area (Å²) in [6, 6.07) is 5.57. The van der Waals surface area contributed by atoms with Crippen LogP contribution in [0.25, 0.3) is 0 Å². The second kappa shape index (κ2) is 7.21. The quantitative estimate of drug-likeness (QED) is 0.846. The first-order valence-corrected chi connectivity index (χ1v) is 8.82. The van der Waals surface area contributed by atoms with E-state index in [2.05, 4.69) is 5.32 Å². The molecule has 1 saturated carbocycles. The molecular weight excluding hydrogens is 305 g/mol. The van der Waals surface area contributed by atoms with E-state index in [0.717, 1.165) is 13.1 Å². The lowest BCUT2D eigenvalue weighted by molar-refractivity contribution is 0.0623. The van der Waals surface area contributed by atoms with Gasteiger partial charge in [-0.3, -0.25) is 0 Å². The summed E-state index contributed by atoms with van der Waals surface area (Å²) < 4.78 is 6.40. The highest BCUT2D eigenvalue weighted by atomic mass is 35.5. The number of para-hydroxylation sites is 1. The Morgan fingerprint density at radius 2 is 1.71 bits per heavy atom. The maximum Gasteiger partial charge on any atom is 0.156 e. The predicted octanol–water partition coefficient (Wildman–Crippen LogP) is 4.93. The normalized spacial score (nSPS) is 25.0. The van der Waals surface area contributed by atoms with Gasteiger partial charge in [-0.15, -0.1) is 0 Å². The van der Waals surface area contributed by atoms with E-state index in [1.807, 2.05) is 18.2 Å². The lowest BCUT2D eigenvalue weighted by atomic mass is 9.80. The van der Waals surface area contributed by atoms with Crippen LogP contribution in [0, 0.1) is 11.8 Å². The molecule has 1 aliphatic carbocycles. The molecule has 2 nitrogen and oxygen atoms in total. The highest BCUT2D eigenvalue weighted by molar-refractivity contribution is 6.37. The van der Waals surface area contributed by atoms with Gasteiger partial charge in [-0.25, -0.2) is 0 Å². The van der Waals surface area contributed by atoms with E-state index in [1.165, 1.54) is 38.5 Å². The molecule has 2 atom stereocenters. The van der Waals surface area contributed by atoms with E-state index in [9.17, 15) is 0 Å². The molecule has 21 heavy (non-hydrogen) atoms. The van der Waals surface area contributed by atoms with Gasteiger partial charge in [0.1, 0.15) is 6.10 Å². The highest BCUT2D eigenvalue weighted by Crippen LogP contribution is 2.39. The Kier molecular flexibility index (Phi) is 5.31. The molecule has 1 heterocycles. The number of ether oxygens (including phenoxy) is 1. The zero-order valence-corrected chi connectivity index (χ0v) is 13.8. The first-order chi connectivity index (χ1) is 10.3. The molecule has 0 radical (unpaired) electrons. The van der Waals surface area contributed by atoms with Crippen molar-refractivity contribution in [1.82, 2.24) is 5.32 Å². The van der Waals surface area contributed by atoms with Crippen LogP contribution in [0.5, 0.6) is 5.75 Å². The third kappa shape index (κ3) is 3.67. The maximum atomic E-state index is 6.40. The lowest BCUT2D eigenvalue weighted by Crippen LogP contribution is -2.37. The molecule has 3 rings (SSSR count). The number of rotatable bonds is 4. The smallest absolute Gasteiger partial charge is 0.156 e. The minimum absolute atomic E-state index is 0.234. The zero-order valence-electron chi connectivity index (χ0n) is 12.3. The molecule has 0 spiro atoms. The van der Waals surface area contributed by atoms with Crippen molar-refractivity contribution in [3.63, 3.8) is 0 Å². The van der Waals surface area contributed by atoms with Gasteiger partial charge in [0.2, 0.25) is 0 Å². The number of benzene rings is 1. The summed E-state index contributed by atoms with van der Waals surface area (Å²) in [5.74, 6) is 1.87. The topological polar surface area (TPSA) is 21.3 Å². The Balaban J connectivity index is 1.80. The van der Waals surface area contributed by atoms with E-state index in [0.29, 0.717) is 27.6 Å². The molecule has 4 heteroatoms. The van der Waals surface area contributed by atoms with Crippen LogP contribution in [0.2, 0.25) is 10.0 Å². The van der Waals surface area contributed by atoms with E-state index in [4.69, 9.17) is 27.9 Å². The summed E-state index contributed by atoms with van der Waals surface area (Å²) in [5, 5.41) is 4.70. The van der Waals surface area contributed by atoms with Crippen molar-refractivity contribution in [2.24, 2.45) is 11.8 Å². The second-order valence-electron chi connectivity index (χ2n) is 6.28. The molecule has 1 N–H and O–H groups in total. The third-order valence-electron chi connectivity index (χ3n) is 4.85. The van der Waals surface area contributed by atoms with Crippen LogP contribution < -0.4 is 10.1 Å². The summed E-state index contributed by atoms with van der Waals surface area (Å²) >= 11 is 12.6. The van der Waals surface area contributed by atoms with Crippen LogP contribution >= 0.6 is 23.2 Å². The number of hydrogen-bond acceptors (Lipinski definition) is 2. The molecule has 0 unspecified atom stereocenters. The maximum absolute atomic E-state index is 6.40. The van der Waals surface area contributed by atoms with E-state index < -0.39 is 0 Å². The van der Waals surface area contributed by atoms with E-state index in [-0.39, 0.29) is 6.10 Å². The summed E-state index contributed by atoms with van der Waals surface area (Å²) in [6.45, 7) is 2.14. The lowest BCUT2D eigenvalue weighted by Gasteiger charge is -2.34. The van der Waals surface area contributed by atoms with Gasteiger partial charge in [-0.1, -0.05) is 48.5 Å². The fourth-order valence-electron chi connectivity index (χ4n) is 3.73. The first kappa shape index (κ1) is 15.5. The largest absolute Gasteiger partial charge is 0.487 e. The Morgan fingerprint density at radius 1 is 1.00 bits per heavy atom. The highest BCUT2D eigenvalue weighted by Gasteiger charge is 2.34. The van der Waals surface area contributed by atoms with Gasteiger partial charge in [0.15, 0.2) is 5.75 Å². The molecule has 0 aromatic heterocycles. The Hall–Kier alpha value is -0.440. The van der Waals surface area contributed by atoms with Crippen LogP contribution in [-0.2, 0) is 0 Å². The summed E-state index contributed by atoms with van der Waals surface area (Å²) in [7, 11) is 0. The fourth-order valence-corrected chi connectivity index (χ4v) is 4.22. The third-order valence-corrected chi connectivity index (χ3v) is 5.45. The Bertz CT molecular complexity index is 448. The number of nitrogens with one attached hydrogen (secondary N) is 1. The molecule has 2 aliphatic rings. The van der Waals surface area contributed by atoms with Crippen LogP contribution in [0.1, 0.15) is 38.5 Å². The average molecular weight is 328 g/mol. The molecule has 1 aromatic carbocycles. The summed E-state index contributed by atoms with van der Waals surface area (Å²) in [5.41, 5.74) is 0. The van der Waals surface area contributed by atoms with Crippen LogP contribution in [0.3, 0.4) is 0 Å². The first-order valence-electron chi connectivity index (χ1n) is 8.07. The minimum atomic E-state index is 0.234. The second-order valence-corrected chi connectivity index (χ2v) is 7.10. The van der Waals surface area contributed by atoms with Gasteiger partial charge >= 0.3 is 0 Å². The molecule has 0 bridgehead atoms. The molecular formula is C17H23Cl2NO. The predicted molar refractivity (Wildman–Crippen MR) is 88.4 cm³/mol. The molecule has 1 aromatic rings. The SMILES string of the molecule is Clc1cccc(Cl)c1O[C@@H](C1CCCCC1)[C@H]1CCNC1. The molecule has 116 valence electrons. The van der Waals surface area contributed by atoms with Crippen molar-refractivity contribution < 1.29 is 4.74 Å². The molecule has 0 amide bonds. The van der Waals surface area contributed by atoms with Crippen molar-refractivity contribution in [1.29, 1.82) is 0 Å². The van der Waals surface area contributed by atoms with E-state index >= 15 is 0 Å². The van der Waals surface area contributed by atoms with Gasteiger partial charge in [0.25, 0.3) is 0 Å². The average Bonchev–Trinajstić information content (AvgIpc) is 3.02. The monoisotopic (exact) mass is 327 g/mol. The minimum Gasteiger partial charge on any atom is -0.487 e. The van der Waals surface area contributed by atoms with Crippen LogP contribution in [0.15, 0.2) is 18.2 Å². The Labute approximate surface area is 137 Å². The van der Waals surface area contributed by atoms with Crippen LogP contribution in [-0.4, -0.2) is 19.2 Å². The number of halogens is 2. The van der Waals surface area contributed by atoms with Crippen molar-refractivity contribution in [2.75, 3.05) is 13.1 Å². The summed E-state index contributed by atoms with van der Waals surface area (Å²) in [6.07, 6.45) is 7.95. The zero-order chi connectivity index (χ0) is 14.7. The summed E-state index contributed by atoms with van der Waals surface area (Å²) in [4.78, 5) is 0. The standard InChI is InChI=1S/C17H23Cl2NO/c18-14-7-4-8-15(19)17(14)21-16(13-9-10-20-11-13)12-5-2-1-3-6-12/h4,7-8,12-13,16,20H,1-3,5-6,9-11H2/t13-,16-/m0/s1. The molecule has 2 fully saturated rings. The van der Waals surface area contributed by atoms with E-state index in [1.54, 1.807) is 0 Å². The van der Waals surface area contributed by atoms with Gasteiger partial charge in [0.05, 0.1) is 10.0 Å². The van der Waals surface area contributed by atoms with Gasteiger partial charge in [0, 0.05) is 12.5 Å². The van der Waals surface area contributed by atoms with Crippen molar-refractivity contribution in [2.45, 2.75) is 44.6 Å². The van der Waals surface area contributed by atoms with Crippen molar-refractivity contribution in [3.05, 3.63) is 28.2 Å². The van der Waals surface area contributed by atoms with Crippen molar-refractivity contribution >= 4 is 23.2 Å². The number of hydrogen-bond donors (Lipinski definition) is 1. The van der Waals surface area contributed by atoms with Gasteiger partial charge in [-0.05, 0) is 43.9 Å². The van der Waals surface area contributed by atoms with Gasteiger partial charge in [-0.2, -0.15) is 0 Å². The van der Waals surface area contributed by atoms with Crippen LogP contribution in [0.4, 0.5) is 0 Å². The fraction of sp³-hybridized carbons (Fsp3) is 0.647.